The van der Waals surface area contributed by atoms with Gasteiger partial charge in [-0.05, 0) is 49.3 Å². The number of fused-ring (bicyclic) bond motifs is 1. The first-order chi connectivity index (χ1) is 14.4. The normalized spacial score (nSPS) is 24.5. The molecule has 162 valence electrons. The lowest BCUT2D eigenvalue weighted by molar-refractivity contribution is -0.130. The van der Waals surface area contributed by atoms with E-state index >= 15 is 0 Å². The lowest BCUT2D eigenvalue weighted by atomic mass is 9.92. The van der Waals surface area contributed by atoms with Crippen LogP contribution in [0.4, 0.5) is 0 Å². The number of nitrogens with zero attached hydrogens (tertiary/aromatic N) is 3. The Kier molecular flexibility index (Phi) is 6.70. The molecule has 3 unspecified atom stereocenters. The quantitative estimate of drug-likeness (QED) is 0.512. The Morgan fingerprint density at radius 1 is 1.30 bits per heavy atom. The molecular formula is C22H28ClN3O3S. The second kappa shape index (κ2) is 9.28. The predicted octanol–water partition coefficient (Wildman–Crippen LogP) is 3.83. The lowest BCUT2D eigenvalue weighted by Crippen LogP contribution is -2.43. The molecule has 0 saturated carbocycles. The number of amides is 1. The summed E-state index contributed by atoms with van der Waals surface area (Å²) in [5.41, 5.74) is 0.452. The molecular weight excluding hydrogens is 422 g/mol. The van der Waals surface area contributed by atoms with Gasteiger partial charge in [0, 0.05) is 24.7 Å². The van der Waals surface area contributed by atoms with Crippen LogP contribution >= 0.6 is 23.4 Å². The van der Waals surface area contributed by atoms with Crippen LogP contribution in [-0.4, -0.2) is 51.9 Å². The van der Waals surface area contributed by atoms with Crippen LogP contribution in [-0.2, 0) is 16.1 Å². The number of piperidine rings is 1. The van der Waals surface area contributed by atoms with Crippen LogP contribution in [0, 0.1) is 11.8 Å². The summed E-state index contributed by atoms with van der Waals surface area (Å²) in [7, 11) is 0. The number of benzene rings is 1. The number of aromatic nitrogens is 2. The highest BCUT2D eigenvalue weighted by Crippen LogP contribution is 2.25. The van der Waals surface area contributed by atoms with Crippen LogP contribution in [0.15, 0.2) is 28.2 Å². The highest BCUT2D eigenvalue weighted by molar-refractivity contribution is 7.99. The van der Waals surface area contributed by atoms with Crippen LogP contribution in [0.1, 0.15) is 33.1 Å². The smallest absolute Gasteiger partial charge is 0.262 e. The first-order valence-corrected chi connectivity index (χ1v) is 12.0. The first kappa shape index (κ1) is 21.7. The standard InChI is InChI=1S/C22H28ClN3O3S/c1-14-8-15(2)11-25(10-14)20(27)13-30-22-24-19-9-16(23)5-6-18(19)21(28)26(22)12-17-4-3-7-29-17/h5-6,9,14-15,17H,3-4,7-8,10-13H2,1-2H3. The van der Waals surface area contributed by atoms with Crippen molar-refractivity contribution in [3.05, 3.63) is 33.6 Å². The van der Waals surface area contributed by atoms with Gasteiger partial charge in [0.25, 0.3) is 5.56 Å². The Bertz CT molecular complexity index is 979. The van der Waals surface area contributed by atoms with E-state index in [0.717, 1.165) is 39.0 Å². The zero-order chi connectivity index (χ0) is 21.3. The SMILES string of the molecule is CC1CC(C)CN(C(=O)CSc2nc3cc(Cl)ccc3c(=O)n2CC2CCCO2)C1. The van der Waals surface area contributed by atoms with E-state index in [1.807, 2.05) is 4.90 Å². The van der Waals surface area contributed by atoms with Gasteiger partial charge in [-0.15, -0.1) is 0 Å². The van der Waals surface area contributed by atoms with Gasteiger partial charge in [0.15, 0.2) is 5.16 Å². The number of thioether (sulfide) groups is 1. The van der Waals surface area contributed by atoms with Crippen molar-refractivity contribution in [1.29, 1.82) is 0 Å². The van der Waals surface area contributed by atoms with Crippen LogP contribution < -0.4 is 5.56 Å². The number of hydrogen-bond acceptors (Lipinski definition) is 5. The van der Waals surface area contributed by atoms with Crippen molar-refractivity contribution in [1.82, 2.24) is 14.5 Å². The molecule has 1 aromatic carbocycles. The maximum atomic E-state index is 13.2. The summed E-state index contributed by atoms with van der Waals surface area (Å²) in [6, 6.07) is 5.13. The molecule has 2 aromatic rings. The minimum Gasteiger partial charge on any atom is -0.376 e. The maximum absolute atomic E-state index is 13.2. The average Bonchev–Trinajstić information content (AvgIpc) is 3.21. The molecule has 3 atom stereocenters. The number of halogens is 1. The van der Waals surface area contributed by atoms with E-state index in [2.05, 4.69) is 13.8 Å². The van der Waals surface area contributed by atoms with Crippen molar-refractivity contribution >= 4 is 40.2 Å². The van der Waals surface area contributed by atoms with Gasteiger partial charge in [0.05, 0.1) is 29.3 Å². The second-order valence-corrected chi connectivity index (χ2v) is 10.0. The molecule has 30 heavy (non-hydrogen) atoms. The minimum absolute atomic E-state index is 0.00750. The van der Waals surface area contributed by atoms with Crippen molar-refractivity contribution in [3.63, 3.8) is 0 Å². The monoisotopic (exact) mass is 449 g/mol. The van der Waals surface area contributed by atoms with Gasteiger partial charge >= 0.3 is 0 Å². The number of carbonyl (C=O) groups is 1. The molecule has 0 aliphatic carbocycles. The Balaban J connectivity index is 1.59. The Morgan fingerprint density at radius 3 is 2.77 bits per heavy atom. The van der Waals surface area contributed by atoms with Gasteiger partial charge in [0.2, 0.25) is 5.91 Å². The average molecular weight is 450 g/mol. The van der Waals surface area contributed by atoms with Crippen molar-refractivity contribution in [3.8, 4) is 0 Å². The van der Waals surface area contributed by atoms with E-state index in [-0.39, 0.29) is 23.3 Å². The molecule has 2 fully saturated rings. The molecule has 0 bridgehead atoms. The zero-order valence-electron chi connectivity index (χ0n) is 17.5. The molecule has 1 amide bonds. The molecule has 6 nitrogen and oxygen atoms in total. The summed E-state index contributed by atoms with van der Waals surface area (Å²) in [4.78, 5) is 32.7. The molecule has 0 spiro atoms. The van der Waals surface area contributed by atoms with Crippen molar-refractivity contribution in [2.75, 3.05) is 25.4 Å². The topological polar surface area (TPSA) is 64.4 Å². The third-order valence-electron chi connectivity index (χ3n) is 5.84. The largest absolute Gasteiger partial charge is 0.376 e. The highest BCUT2D eigenvalue weighted by Gasteiger charge is 2.26. The summed E-state index contributed by atoms with van der Waals surface area (Å²) in [6.07, 6.45) is 3.10. The second-order valence-electron chi connectivity index (χ2n) is 8.64. The minimum atomic E-state index is -0.109. The Morgan fingerprint density at radius 2 is 2.07 bits per heavy atom. The third-order valence-corrected chi connectivity index (χ3v) is 7.04. The van der Waals surface area contributed by atoms with E-state index in [0.29, 0.717) is 39.5 Å². The van der Waals surface area contributed by atoms with Crippen LogP contribution in [0.5, 0.6) is 0 Å². The highest BCUT2D eigenvalue weighted by atomic mass is 35.5. The molecule has 4 rings (SSSR count). The fourth-order valence-electron chi connectivity index (χ4n) is 4.52. The van der Waals surface area contributed by atoms with Gasteiger partial charge in [-0.25, -0.2) is 4.98 Å². The van der Waals surface area contributed by atoms with E-state index in [4.69, 9.17) is 21.3 Å². The van der Waals surface area contributed by atoms with Gasteiger partial charge in [0.1, 0.15) is 0 Å². The molecule has 8 heteroatoms. The Hall–Kier alpha value is -1.57. The molecule has 3 heterocycles. The summed E-state index contributed by atoms with van der Waals surface area (Å²) >= 11 is 7.45. The zero-order valence-corrected chi connectivity index (χ0v) is 19.0. The van der Waals surface area contributed by atoms with Crippen LogP contribution in [0.25, 0.3) is 10.9 Å². The van der Waals surface area contributed by atoms with Gasteiger partial charge in [-0.3, -0.25) is 14.2 Å². The molecule has 2 aliphatic heterocycles. The third kappa shape index (κ3) is 4.84. The summed E-state index contributed by atoms with van der Waals surface area (Å²) in [6.45, 7) is 7.16. The van der Waals surface area contributed by atoms with Crippen LogP contribution in [0.3, 0.4) is 0 Å². The van der Waals surface area contributed by atoms with E-state index in [9.17, 15) is 9.59 Å². The van der Waals surface area contributed by atoms with E-state index in [1.165, 1.54) is 11.8 Å². The summed E-state index contributed by atoms with van der Waals surface area (Å²) in [5, 5.41) is 1.62. The number of ether oxygens (including phenoxy) is 1. The lowest BCUT2D eigenvalue weighted by Gasteiger charge is -2.35. The van der Waals surface area contributed by atoms with Gasteiger partial charge in [-0.2, -0.15) is 0 Å². The molecule has 1 aromatic heterocycles. The van der Waals surface area contributed by atoms with Crippen molar-refractivity contribution in [2.45, 2.75) is 50.9 Å². The fraction of sp³-hybridized carbons (Fsp3) is 0.591. The van der Waals surface area contributed by atoms with Crippen LogP contribution in [0.2, 0.25) is 5.02 Å². The van der Waals surface area contributed by atoms with E-state index < -0.39 is 0 Å². The predicted molar refractivity (Wildman–Crippen MR) is 120 cm³/mol. The molecule has 0 radical (unpaired) electrons. The van der Waals surface area contributed by atoms with Gasteiger partial charge in [-0.1, -0.05) is 37.2 Å². The maximum Gasteiger partial charge on any atom is 0.262 e. The summed E-state index contributed by atoms with van der Waals surface area (Å²) in [5.74, 6) is 1.40. The van der Waals surface area contributed by atoms with Gasteiger partial charge < -0.3 is 9.64 Å². The van der Waals surface area contributed by atoms with Crippen molar-refractivity contribution < 1.29 is 9.53 Å². The molecule has 2 aliphatic rings. The Labute approximate surface area is 185 Å². The number of rotatable bonds is 5. The van der Waals surface area contributed by atoms with E-state index in [1.54, 1.807) is 22.8 Å². The number of hydrogen-bond donors (Lipinski definition) is 0. The summed E-state index contributed by atoms with van der Waals surface area (Å²) < 4.78 is 7.42. The molecule has 2 saturated heterocycles. The first-order valence-electron chi connectivity index (χ1n) is 10.6. The number of likely N-dealkylation sites (tertiary alicyclic amines) is 1. The fourth-order valence-corrected chi connectivity index (χ4v) is 5.60. The number of carbonyl (C=O) groups excluding carboxylic acids is 1. The molecule has 0 N–H and O–H groups in total. The van der Waals surface area contributed by atoms with Crippen molar-refractivity contribution in [2.24, 2.45) is 11.8 Å².